The molecule has 4 heteroatoms. The summed E-state index contributed by atoms with van der Waals surface area (Å²) in [5, 5.41) is 4.33. The number of carbonyl (C=O) groups is 1. The standard InChI is InChI=1S/C17H31NO2S/c1-12(2)13(3)21-11-9-14-6-5-10-17(14,16(19)20-4)18-15-7-8-15/h12-15,18H,5-11H2,1-4H3. The van der Waals surface area contributed by atoms with Crippen LogP contribution in [-0.4, -0.2) is 35.7 Å². The molecule has 3 nitrogen and oxygen atoms in total. The third kappa shape index (κ3) is 4.16. The smallest absolute Gasteiger partial charge is 0.326 e. The van der Waals surface area contributed by atoms with Gasteiger partial charge >= 0.3 is 5.97 Å². The lowest BCUT2D eigenvalue weighted by Gasteiger charge is -2.34. The van der Waals surface area contributed by atoms with E-state index in [1.54, 1.807) is 0 Å². The minimum absolute atomic E-state index is 0.0289. The molecule has 21 heavy (non-hydrogen) atoms. The number of ether oxygens (including phenoxy) is 1. The predicted octanol–water partition coefficient (Wildman–Crippen LogP) is 3.62. The van der Waals surface area contributed by atoms with Gasteiger partial charge in [-0.1, -0.05) is 27.2 Å². The van der Waals surface area contributed by atoms with Crippen LogP contribution in [0.15, 0.2) is 0 Å². The number of nitrogens with one attached hydrogen (secondary N) is 1. The van der Waals surface area contributed by atoms with Crippen molar-refractivity contribution in [3.8, 4) is 0 Å². The first kappa shape index (κ1) is 17.1. The number of methoxy groups -OCH3 is 1. The highest BCUT2D eigenvalue weighted by atomic mass is 32.2. The molecule has 0 amide bonds. The number of thioether (sulfide) groups is 1. The summed E-state index contributed by atoms with van der Waals surface area (Å²) < 4.78 is 5.15. The molecule has 2 aliphatic carbocycles. The molecule has 1 N–H and O–H groups in total. The maximum absolute atomic E-state index is 12.4. The Labute approximate surface area is 134 Å². The van der Waals surface area contributed by atoms with E-state index in [2.05, 4.69) is 26.1 Å². The molecule has 2 fully saturated rings. The Morgan fingerprint density at radius 2 is 2.05 bits per heavy atom. The van der Waals surface area contributed by atoms with E-state index >= 15 is 0 Å². The van der Waals surface area contributed by atoms with Crippen molar-refractivity contribution in [2.45, 2.75) is 76.1 Å². The lowest BCUT2D eigenvalue weighted by Crippen LogP contribution is -2.56. The van der Waals surface area contributed by atoms with Gasteiger partial charge in [0, 0.05) is 11.3 Å². The average molecular weight is 314 g/mol. The van der Waals surface area contributed by atoms with Crippen molar-refractivity contribution in [1.82, 2.24) is 5.32 Å². The van der Waals surface area contributed by atoms with Crippen LogP contribution in [0.4, 0.5) is 0 Å². The van der Waals surface area contributed by atoms with Crippen molar-refractivity contribution < 1.29 is 9.53 Å². The minimum atomic E-state index is -0.391. The Hall–Kier alpha value is -0.220. The van der Waals surface area contributed by atoms with Gasteiger partial charge in [-0.2, -0.15) is 11.8 Å². The van der Waals surface area contributed by atoms with Crippen LogP contribution in [0.2, 0.25) is 0 Å². The predicted molar refractivity (Wildman–Crippen MR) is 89.6 cm³/mol. The van der Waals surface area contributed by atoms with Crippen LogP contribution in [-0.2, 0) is 9.53 Å². The van der Waals surface area contributed by atoms with Gasteiger partial charge in [0.25, 0.3) is 0 Å². The molecule has 3 unspecified atom stereocenters. The lowest BCUT2D eigenvalue weighted by molar-refractivity contribution is -0.150. The quantitative estimate of drug-likeness (QED) is 0.695. The first-order valence-corrected chi connectivity index (χ1v) is 9.52. The molecule has 0 aliphatic heterocycles. The van der Waals surface area contributed by atoms with Gasteiger partial charge in [-0.15, -0.1) is 0 Å². The van der Waals surface area contributed by atoms with Crippen molar-refractivity contribution in [2.24, 2.45) is 11.8 Å². The Morgan fingerprint density at radius 1 is 1.33 bits per heavy atom. The van der Waals surface area contributed by atoms with Gasteiger partial charge in [-0.25, -0.2) is 0 Å². The highest BCUT2D eigenvalue weighted by molar-refractivity contribution is 7.99. The molecule has 2 rings (SSSR count). The lowest BCUT2D eigenvalue weighted by atomic mass is 9.84. The summed E-state index contributed by atoms with van der Waals surface area (Å²) in [5.74, 6) is 2.28. The molecule has 0 saturated heterocycles. The zero-order valence-corrected chi connectivity index (χ0v) is 14.8. The molecule has 3 atom stereocenters. The summed E-state index contributed by atoms with van der Waals surface area (Å²) in [6.07, 6.45) is 6.80. The van der Waals surface area contributed by atoms with E-state index in [0.29, 0.717) is 23.1 Å². The monoisotopic (exact) mass is 313 g/mol. The minimum Gasteiger partial charge on any atom is -0.468 e. The van der Waals surface area contributed by atoms with Crippen LogP contribution in [0.25, 0.3) is 0 Å². The van der Waals surface area contributed by atoms with Gasteiger partial charge in [-0.3, -0.25) is 10.1 Å². The maximum atomic E-state index is 12.4. The van der Waals surface area contributed by atoms with Crippen LogP contribution < -0.4 is 5.32 Å². The molecule has 122 valence electrons. The highest BCUT2D eigenvalue weighted by Crippen LogP contribution is 2.42. The van der Waals surface area contributed by atoms with Crippen LogP contribution in [0.5, 0.6) is 0 Å². The molecule has 2 saturated carbocycles. The fraction of sp³-hybridized carbons (Fsp3) is 0.941. The summed E-state index contributed by atoms with van der Waals surface area (Å²) in [6.45, 7) is 6.86. The molecular formula is C17H31NO2S. The van der Waals surface area contributed by atoms with Crippen LogP contribution in [0.3, 0.4) is 0 Å². The first-order valence-electron chi connectivity index (χ1n) is 8.47. The Morgan fingerprint density at radius 3 is 2.62 bits per heavy atom. The van der Waals surface area contributed by atoms with Gasteiger partial charge in [0.1, 0.15) is 5.54 Å². The Bertz CT molecular complexity index is 357. The summed E-state index contributed by atoms with van der Waals surface area (Å²) in [6, 6.07) is 0.548. The maximum Gasteiger partial charge on any atom is 0.326 e. The Balaban J connectivity index is 1.93. The highest BCUT2D eigenvalue weighted by Gasteiger charge is 2.51. The molecule has 0 heterocycles. The largest absolute Gasteiger partial charge is 0.468 e. The molecule has 0 spiro atoms. The molecule has 0 aromatic carbocycles. The third-order valence-electron chi connectivity index (χ3n) is 5.20. The van der Waals surface area contributed by atoms with Crippen molar-refractivity contribution >= 4 is 17.7 Å². The summed E-state index contributed by atoms with van der Waals surface area (Å²) in [5.41, 5.74) is -0.391. The number of esters is 1. The zero-order valence-electron chi connectivity index (χ0n) is 14.0. The van der Waals surface area contributed by atoms with Gasteiger partial charge in [0.05, 0.1) is 7.11 Å². The van der Waals surface area contributed by atoms with Crippen molar-refractivity contribution in [1.29, 1.82) is 0 Å². The molecule has 0 aromatic rings. The molecule has 0 radical (unpaired) electrons. The van der Waals surface area contributed by atoms with Crippen LogP contribution in [0, 0.1) is 11.8 Å². The SMILES string of the molecule is COC(=O)C1(NC2CC2)CCCC1CCSC(C)C(C)C. The van der Waals surface area contributed by atoms with Crippen molar-refractivity contribution in [3.63, 3.8) is 0 Å². The average Bonchev–Trinajstić information content (AvgIpc) is 3.18. The van der Waals surface area contributed by atoms with Crippen molar-refractivity contribution in [2.75, 3.05) is 12.9 Å². The van der Waals surface area contributed by atoms with Crippen molar-refractivity contribution in [3.05, 3.63) is 0 Å². The van der Waals surface area contributed by atoms with E-state index < -0.39 is 5.54 Å². The summed E-state index contributed by atoms with van der Waals surface area (Å²) >= 11 is 2.05. The number of hydrogen-bond acceptors (Lipinski definition) is 4. The van der Waals surface area contributed by atoms with E-state index in [1.807, 2.05) is 11.8 Å². The third-order valence-corrected chi connectivity index (χ3v) is 6.74. The second-order valence-corrected chi connectivity index (χ2v) is 8.56. The van der Waals surface area contributed by atoms with Gasteiger partial charge in [0.2, 0.25) is 0 Å². The second-order valence-electron chi connectivity index (χ2n) is 7.08. The van der Waals surface area contributed by atoms with Crippen LogP contribution >= 0.6 is 11.8 Å². The second kappa shape index (κ2) is 7.36. The number of carbonyl (C=O) groups excluding carboxylic acids is 1. The summed E-state index contributed by atoms with van der Waals surface area (Å²) in [7, 11) is 1.53. The Kier molecular flexibility index (Phi) is 6.01. The molecule has 0 bridgehead atoms. The van der Waals surface area contributed by atoms with E-state index in [0.717, 1.165) is 31.4 Å². The summed E-state index contributed by atoms with van der Waals surface area (Å²) in [4.78, 5) is 12.4. The van der Waals surface area contributed by atoms with E-state index in [4.69, 9.17) is 4.74 Å². The molecule has 0 aromatic heterocycles. The van der Waals surface area contributed by atoms with E-state index in [1.165, 1.54) is 20.0 Å². The molecule has 2 aliphatic rings. The van der Waals surface area contributed by atoms with Crippen LogP contribution in [0.1, 0.15) is 59.3 Å². The molecular weight excluding hydrogens is 282 g/mol. The van der Waals surface area contributed by atoms with Gasteiger partial charge < -0.3 is 4.74 Å². The first-order chi connectivity index (χ1) is 9.99. The number of rotatable bonds is 8. The van der Waals surface area contributed by atoms with Gasteiger partial charge in [0.15, 0.2) is 0 Å². The number of hydrogen-bond donors (Lipinski definition) is 1. The van der Waals surface area contributed by atoms with E-state index in [9.17, 15) is 4.79 Å². The van der Waals surface area contributed by atoms with E-state index in [-0.39, 0.29) is 5.97 Å². The normalized spacial score (nSPS) is 30.6. The fourth-order valence-electron chi connectivity index (χ4n) is 3.35. The topological polar surface area (TPSA) is 38.3 Å². The zero-order chi connectivity index (χ0) is 15.5. The fourth-order valence-corrected chi connectivity index (χ4v) is 4.53. The van der Waals surface area contributed by atoms with Gasteiger partial charge in [-0.05, 0) is 49.7 Å².